The van der Waals surface area contributed by atoms with Gasteiger partial charge in [0.15, 0.2) is 0 Å². The fourth-order valence-electron chi connectivity index (χ4n) is 3.47. The maximum atomic E-state index is 6.22. The first-order valence-electron chi connectivity index (χ1n) is 11.4. The number of halogens is 1. The average Bonchev–Trinajstić information content (AvgIpc) is 2.67. The Morgan fingerprint density at radius 2 is 1.15 bits per heavy atom. The standard InChI is InChI=1S/C24H42ClNS/c1-2-3-4-5-6-7-8-9-10-11-12-13-14-15-16-17-21-27-23-20-18-19-22(26)24(23)25/h18-20H,2-17,21,26H2,1H3. The molecule has 1 nitrogen and oxygen atoms in total. The van der Waals surface area contributed by atoms with Gasteiger partial charge in [0, 0.05) is 4.90 Å². The lowest BCUT2D eigenvalue weighted by Gasteiger charge is -2.06. The first kappa shape index (κ1) is 24.7. The average molecular weight is 412 g/mol. The van der Waals surface area contributed by atoms with Crippen LogP contribution in [0.1, 0.15) is 110 Å². The van der Waals surface area contributed by atoms with Gasteiger partial charge in [-0.25, -0.2) is 0 Å². The van der Waals surface area contributed by atoms with Gasteiger partial charge in [0.25, 0.3) is 0 Å². The van der Waals surface area contributed by atoms with Crippen molar-refractivity contribution < 1.29 is 0 Å². The zero-order chi connectivity index (χ0) is 19.6. The Hall–Kier alpha value is -0.340. The maximum absolute atomic E-state index is 6.22. The molecule has 0 aliphatic heterocycles. The number of hydrogen-bond donors (Lipinski definition) is 1. The topological polar surface area (TPSA) is 26.0 Å². The zero-order valence-electron chi connectivity index (χ0n) is 17.6. The van der Waals surface area contributed by atoms with Gasteiger partial charge in [-0.1, -0.05) is 121 Å². The van der Waals surface area contributed by atoms with Crippen molar-refractivity contribution in [2.75, 3.05) is 11.5 Å². The summed E-state index contributed by atoms with van der Waals surface area (Å²) in [6.07, 6.45) is 22.7. The molecule has 1 aromatic rings. The maximum Gasteiger partial charge on any atom is 0.0771 e. The second-order valence-electron chi connectivity index (χ2n) is 7.81. The van der Waals surface area contributed by atoms with Gasteiger partial charge in [0.2, 0.25) is 0 Å². The van der Waals surface area contributed by atoms with Crippen molar-refractivity contribution in [3.63, 3.8) is 0 Å². The molecule has 0 aliphatic carbocycles. The molecule has 0 heterocycles. The Labute approximate surface area is 178 Å². The van der Waals surface area contributed by atoms with E-state index in [0.29, 0.717) is 5.69 Å². The van der Waals surface area contributed by atoms with E-state index >= 15 is 0 Å². The van der Waals surface area contributed by atoms with Crippen LogP contribution in [0, 0.1) is 0 Å². The van der Waals surface area contributed by atoms with Crippen molar-refractivity contribution >= 4 is 29.1 Å². The van der Waals surface area contributed by atoms with Gasteiger partial charge in [-0.05, 0) is 24.3 Å². The van der Waals surface area contributed by atoms with Crippen LogP contribution in [0.3, 0.4) is 0 Å². The summed E-state index contributed by atoms with van der Waals surface area (Å²) in [6, 6.07) is 5.91. The number of unbranched alkanes of at least 4 members (excludes halogenated alkanes) is 15. The predicted molar refractivity (Wildman–Crippen MR) is 126 cm³/mol. The minimum atomic E-state index is 0.689. The van der Waals surface area contributed by atoms with Crippen LogP contribution in [0.5, 0.6) is 0 Å². The highest BCUT2D eigenvalue weighted by molar-refractivity contribution is 7.99. The smallest absolute Gasteiger partial charge is 0.0771 e. The van der Waals surface area contributed by atoms with Crippen LogP contribution in [-0.4, -0.2) is 5.75 Å². The summed E-state index contributed by atoms with van der Waals surface area (Å²) in [5, 5.41) is 0.721. The van der Waals surface area contributed by atoms with Gasteiger partial charge in [0.1, 0.15) is 0 Å². The quantitative estimate of drug-likeness (QED) is 0.148. The second kappa shape index (κ2) is 17.7. The lowest BCUT2D eigenvalue weighted by molar-refractivity contribution is 0.531. The van der Waals surface area contributed by atoms with Gasteiger partial charge in [0.05, 0.1) is 10.7 Å². The Morgan fingerprint density at radius 1 is 0.704 bits per heavy atom. The van der Waals surface area contributed by atoms with Crippen LogP contribution in [0.15, 0.2) is 23.1 Å². The molecule has 27 heavy (non-hydrogen) atoms. The highest BCUT2D eigenvalue weighted by Crippen LogP contribution is 2.32. The first-order valence-corrected chi connectivity index (χ1v) is 12.8. The number of anilines is 1. The summed E-state index contributed by atoms with van der Waals surface area (Å²) >= 11 is 8.06. The van der Waals surface area contributed by atoms with Crippen molar-refractivity contribution in [3.8, 4) is 0 Å². The summed E-state index contributed by atoms with van der Waals surface area (Å²) in [5.41, 5.74) is 6.53. The van der Waals surface area contributed by atoms with E-state index in [-0.39, 0.29) is 0 Å². The molecule has 0 bridgehead atoms. The molecule has 0 spiro atoms. The molecule has 156 valence electrons. The lowest BCUT2D eigenvalue weighted by atomic mass is 10.0. The third-order valence-electron chi connectivity index (χ3n) is 5.25. The van der Waals surface area contributed by atoms with E-state index in [2.05, 4.69) is 13.0 Å². The molecule has 1 aromatic carbocycles. The fourth-order valence-corrected chi connectivity index (χ4v) is 4.75. The van der Waals surface area contributed by atoms with E-state index in [1.165, 1.54) is 103 Å². The highest BCUT2D eigenvalue weighted by Gasteiger charge is 2.03. The monoisotopic (exact) mass is 411 g/mol. The summed E-state index contributed by atoms with van der Waals surface area (Å²) in [5.74, 6) is 1.14. The second-order valence-corrected chi connectivity index (χ2v) is 9.33. The molecule has 1 rings (SSSR count). The molecule has 0 unspecified atom stereocenters. The van der Waals surface area contributed by atoms with Crippen molar-refractivity contribution in [3.05, 3.63) is 23.2 Å². The van der Waals surface area contributed by atoms with Crippen LogP contribution in [-0.2, 0) is 0 Å². The molecular weight excluding hydrogens is 370 g/mol. The van der Waals surface area contributed by atoms with Gasteiger partial charge < -0.3 is 5.73 Å². The van der Waals surface area contributed by atoms with Crippen molar-refractivity contribution in [1.82, 2.24) is 0 Å². The number of nitrogen functional groups attached to an aromatic ring is 1. The van der Waals surface area contributed by atoms with Gasteiger partial charge in [-0.15, -0.1) is 11.8 Å². The molecular formula is C24H42ClNS. The van der Waals surface area contributed by atoms with Gasteiger partial charge >= 0.3 is 0 Å². The third-order valence-corrected chi connectivity index (χ3v) is 6.93. The van der Waals surface area contributed by atoms with Crippen molar-refractivity contribution in [1.29, 1.82) is 0 Å². The zero-order valence-corrected chi connectivity index (χ0v) is 19.2. The van der Waals surface area contributed by atoms with Crippen LogP contribution >= 0.6 is 23.4 Å². The van der Waals surface area contributed by atoms with Gasteiger partial charge in [-0.2, -0.15) is 0 Å². The summed E-state index contributed by atoms with van der Waals surface area (Å²) in [4.78, 5) is 1.12. The molecule has 0 amide bonds. The minimum Gasteiger partial charge on any atom is -0.397 e. The van der Waals surface area contributed by atoms with Crippen LogP contribution in [0.25, 0.3) is 0 Å². The fraction of sp³-hybridized carbons (Fsp3) is 0.750. The van der Waals surface area contributed by atoms with E-state index in [9.17, 15) is 0 Å². The molecule has 2 N–H and O–H groups in total. The predicted octanol–water partition coefficient (Wildman–Crippen LogP) is 9.28. The molecule has 0 atom stereocenters. The molecule has 3 heteroatoms. The first-order chi connectivity index (χ1) is 13.3. The molecule has 0 aromatic heterocycles. The Morgan fingerprint density at radius 3 is 1.63 bits per heavy atom. The summed E-state index contributed by atoms with van der Waals surface area (Å²) in [6.45, 7) is 2.29. The van der Waals surface area contributed by atoms with Crippen molar-refractivity contribution in [2.45, 2.75) is 115 Å². The minimum absolute atomic E-state index is 0.689. The van der Waals surface area contributed by atoms with Crippen LogP contribution in [0.4, 0.5) is 5.69 Å². The molecule has 0 saturated heterocycles. The van der Waals surface area contributed by atoms with Crippen LogP contribution in [0.2, 0.25) is 5.02 Å². The molecule has 0 fully saturated rings. The number of hydrogen-bond acceptors (Lipinski definition) is 2. The van der Waals surface area contributed by atoms with E-state index in [1.54, 1.807) is 0 Å². The number of nitrogens with two attached hydrogens (primary N) is 1. The summed E-state index contributed by atoms with van der Waals surface area (Å²) < 4.78 is 0. The largest absolute Gasteiger partial charge is 0.397 e. The van der Waals surface area contributed by atoms with E-state index in [0.717, 1.165) is 15.7 Å². The molecule has 0 radical (unpaired) electrons. The molecule has 0 saturated carbocycles. The number of benzene rings is 1. The SMILES string of the molecule is CCCCCCCCCCCCCCCCCCSc1cccc(N)c1Cl. The van der Waals surface area contributed by atoms with Crippen LogP contribution < -0.4 is 5.73 Å². The Balaban J connectivity index is 1.79. The van der Waals surface area contributed by atoms with Gasteiger partial charge in [-0.3, -0.25) is 0 Å². The lowest BCUT2D eigenvalue weighted by Crippen LogP contribution is -1.88. The molecule has 0 aliphatic rings. The third kappa shape index (κ3) is 13.5. The number of thioether (sulfide) groups is 1. The number of rotatable bonds is 18. The Kier molecular flexibility index (Phi) is 16.2. The van der Waals surface area contributed by atoms with Crippen molar-refractivity contribution in [2.24, 2.45) is 0 Å². The normalized spacial score (nSPS) is 11.2. The summed E-state index contributed by atoms with van der Waals surface area (Å²) in [7, 11) is 0. The van der Waals surface area contributed by atoms with E-state index in [4.69, 9.17) is 17.3 Å². The Bertz CT molecular complexity index is 464. The van der Waals surface area contributed by atoms with E-state index < -0.39 is 0 Å². The van der Waals surface area contributed by atoms with E-state index in [1.807, 2.05) is 23.9 Å². The highest BCUT2D eigenvalue weighted by atomic mass is 35.5.